The predicted octanol–water partition coefficient (Wildman–Crippen LogP) is 1.47. The molecular weight excluding hydrogens is 218 g/mol. The third-order valence-electron chi connectivity index (χ3n) is 3.76. The summed E-state index contributed by atoms with van der Waals surface area (Å²) in [5, 5.41) is 0. The molecule has 1 aliphatic rings. The first kappa shape index (κ1) is 13.9. The summed E-state index contributed by atoms with van der Waals surface area (Å²) in [6.45, 7) is 2.25. The van der Waals surface area contributed by atoms with Crippen LogP contribution in [0.5, 0.6) is 0 Å². The van der Waals surface area contributed by atoms with E-state index < -0.39 is 0 Å². The lowest BCUT2D eigenvalue weighted by atomic mass is 9.75. The van der Waals surface area contributed by atoms with Crippen LogP contribution in [0.4, 0.5) is 0 Å². The van der Waals surface area contributed by atoms with E-state index in [9.17, 15) is 0 Å². The van der Waals surface area contributed by atoms with Gasteiger partial charge in [0.15, 0.2) is 0 Å². The Morgan fingerprint density at radius 3 is 2.31 bits per heavy atom. The number of nitrogens with zero attached hydrogens (tertiary/aromatic N) is 2. The second-order valence-electron chi connectivity index (χ2n) is 5.28. The highest BCUT2D eigenvalue weighted by Crippen LogP contribution is 2.36. The van der Waals surface area contributed by atoms with Gasteiger partial charge in [-0.25, -0.2) is 0 Å². The Kier molecular flexibility index (Phi) is 5.15. The maximum Gasteiger partial charge on any atom is 0.0727 e. The molecule has 0 aromatic carbocycles. The maximum atomic E-state index is 5.50. The predicted molar refractivity (Wildman–Crippen MR) is 73.8 cm³/mol. The van der Waals surface area contributed by atoms with Gasteiger partial charge in [-0.3, -0.25) is 0 Å². The molecule has 2 N–H and O–H groups in total. The summed E-state index contributed by atoms with van der Waals surface area (Å²) in [6, 6.07) is 0. The van der Waals surface area contributed by atoms with Crippen molar-refractivity contribution in [1.29, 1.82) is 0 Å². The third kappa shape index (κ3) is 3.68. The molecule has 0 radical (unpaired) electrons. The number of nitrogens with two attached hydrogens (primary N) is 1. The number of thiocarbonyl (C=S) groups is 1. The van der Waals surface area contributed by atoms with Crippen molar-refractivity contribution in [2.24, 2.45) is 5.73 Å². The summed E-state index contributed by atoms with van der Waals surface area (Å²) in [6.07, 6.45) is 5.99. The Labute approximate surface area is 105 Å². The van der Waals surface area contributed by atoms with E-state index in [2.05, 4.69) is 30.9 Å². The molecule has 4 heteroatoms. The lowest BCUT2D eigenvalue weighted by Gasteiger charge is -2.49. The molecule has 16 heavy (non-hydrogen) atoms. The number of likely N-dealkylation sites (N-methyl/N-ethyl adjacent to an activating group) is 2. The second-order valence-corrected chi connectivity index (χ2v) is 5.80. The van der Waals surface area contributed by atoms with Crippen LogP contribution in [0.25, 0.3) is 0 Å². The minimum Gasteiger partial charge on any atom is -0.393 e. The molecule has 0 atom stereocenters. The maximum absolute atomic E-state index is 5.50. The first-order valence-corrected chi connectivity index (χ1v) is 6.51. The smallest absolute Gasteiger partial charge is 0.0727 e. The first-order chi connectivity index (χ1) is 7.46. The SMILES string of the molecule is CN(CCCC(N)=S)CC1(N(C)C)CCC1. The van der Waals surface area contributed by atoms with Crippen molar-refractivity contribution in [2.75, 3.05) is 34.2 Å². The van der Waals surface area contributed by atoms with E-state index in [1.54, 1.807) is 0 Å². The fraction of sp³-hybridized carbons (Fsp3) is 0.917. The van der Waals surface area contributed by atoms with Crippen molar-refractivity contribution in [2.45, 2.75) is 37.6 Å². The van der Waals surface area contributed by atoms with Gasteiger partial charge in [0.2, 0.25) is 0 Å². The highest BCUT2D eigenvalue weighted by Gasteiger charge is 2.39. The van der Waals surface area contributed by atoms with E-state index >= 15 is 0 Å². The van der Waals surface area contributed by atoms with Gasteiger partial charge >= 0.3 is 0 Å². The summed E-state index contributed by atoms with van der Waals surface area (Å²) in [7, 11) is 6.59. The van der Waals surface area contributed by atoms with E-state index in [0.29, 0.717) is 10.5 Å². The van der Waals surface area contributed by atoms with Gasteiger partial charge in [0.1, 0.15) is 0 Å². The van der Waals surface area contributed by atoms with Gasteiger partial charge in [-0.15, -0.1) is 0 Å². The van der Waals surface area contributed by atoms with Gasteiger partial charge in [0.25, 0.3) is 0 Å². The molecule has 1 fully saturated rings. The topological polar surface area (TPSA) is 32.5 Å². The molecule has 1 aliphatic carbocycles. The average Bonchev–Trinajstić information content (AvgIpc) is 2.10. The first-order valence-electron chi connectivity index (χ1n) is 6.10. The minimum absolute atomic E-state index is 0.429. The summed E-state index contributed by atoms with van der Waals surface area (Å²) >= 11 is 4.88. The van der Waals surface area contributed by atoms with Gasteiger partial charge in [0, 0.05) is 12.1 Å². The van der Waals surface area contributed by atoms with E-state index in [1.807, 2.05) is 0 Å². The van der Waals surface area contributed by atoms with Crippen molar-refractivity contribution in [1.82, 2.24) is 9.80 Å². The van der Waals surface area contributed by atoms with Crippen LogP contribution in [-0.2, 0) is 0 Å². The zero-order valence-corrected chi connectivity index (χ0v) is 11.6. The zero-order valence-electron chi connectivity index (χ0n) is 10.8. The van der Waals surface area contributed by atoms with Crippen molar-refractivity contribution in [3.05, 3.63) is 0 Å². The Morgan fingerprint density at radius 1 is 1.31 bits per heavy atom. The van der Waals surface area contributed by atoms with Gasteiger partial charge in [-0.1, -0.05) is 12.2 Å². The van der Waals surface area contributed by atoms with Crippen LogP contribution in [0.15, 0.2) is 0 Å². The monoisotopic (exact) mass is 243 g/mol. The van der Waals surface area contributed by atoms with Crippen LogP contribution in [0, 0.1) is 0 Å². The van der Waals surface area contributed by atoms with Gasteiger partial charge in [-0.05, 0) is 59.8 Å². The number of hydrogen-bond acceptors (Lipinski definition) is 3. The molecule has 0 aliphatic heterocycles. The van der Waals surface area contributed by atoms with Crippen molar-refractivity contribution >= 4 is 17.2 Å². The molecule has 0 saturated heterocycles. The quantitative estimate of drug-likeness (QED) is 0.686. The molecule has 0 spiro atoms. The summed E-state index contributed by atoms with van der Waals surface area (Å²) in [4.78, 5) is 5.44. The molecule has 94 valence electrons. The van der Waals surface area contributed by atoms with Crippen molar-refractivity contribution < 1.29 is 0 Å². The molecule has 0 bridgehead atoms. The molecule has 0 unspecified atom stereocenters. The Bertz CT molecular complexity index is 236. The summed E-state index contributed by atoms with van der Waals surface area (Å²) < 4.78 is 0. The van der Waals surface area contributed by atoms with E-state index in [1.165, 1.54) is 19.3 Å². The van der Waals surface area contributed by atoms with Crippen molar-refractivity contribution in [3.8, 4) is 0 Å². The standard InChI is InChI=1S/C12H25N3S/c1-14(2)12(7-5-8-12)10-15(3)9-4-6-11(13)16/h4-10H2,1-3H3,(H2,13,16). The van der Waals surface area contributed by atoms with Crippen LogP contribution in [-0.4, -0.2) is 54.6 Å². The van der Waals surface area contributed by atoms with Crippen LogP contribution in [0.3, 0.4) is 0 Å². The molecule has 0 aromatic heterocycles. The molecule has 0 heterocycles. The highest BCUT2D eigenvalue weighted by atomic mass is 32.1. The largest absolute Gasteiger partial charge is 0.393 e. The minimum atomic E-state index is 0.429. The third-order valence-corrected chi connectivity index (χ3v) is 3.96. The van der Waals surface area contributed by atoms with E-state index in [4.69, 9.17) is 18.0 Å². The molecular formula is C12H25N3S. The normalized spacial score (nSPS) is 18.8. The fourth-order valence-corrected chi connectivity index (χ4v) is 2.58. The molecule has 0 aromatic rings. The van der Waals surface area contributed by atoms with E-state index in [-0.39, 0.29) is 0 Å². The average molecular weight is 243 g/mol. The van der Waals surface area contributed by atoms with Gasteiger partial charge in [-0.2, -0.15) is 0 Å². The molecule has 0 amide bonds. The van der Waals surface area contributed by atoms with Gasteiger partial charge < -0.3 is 15.5 Å². The lowest BCUT2D eigenvalue weighted by Crippen LogP contribution is -2.56. The van der Waals surface area contributed by atoms with Crippen LogP contribution >= 0.6 is 12.2 Å². The summed E-state index contributed by atoms with van der Waals surface area (Å²) in [5.41, 5.74) is 5.92. The summed E-state index contributed by atoms with van der Waals surface area (Å²) in [5.74, 6) is 0. The van der Waals surface area contributed by atoms with E-state index in [0.717, 1.165) is 25.9 Å². The van der Waals surface area contributed by atoms with Crippen molar-refractivity contribution in [3.63, 3.8) is 0 Å². The molecule has 1 saturated carbocycles. The van der Waals surface area contributed by atoms with Crippen LogP contribution in [0.1, 0.15) is 32.1 Å². The fourth-order valence-electron chi connectivity index (χ4n) is 2.44. The second kappa shape index (κ2) is 5.94. The number of rotatable bonds is 7. The zero-order chi connectivity index (χ0) is 12.2. The number of hydrogen-bond donors (Lipinski definition) is 1. The van der Waals surface area contributed by atoms with Crippen LogP contribution in [0.2, 0.25) is 0 Å². The van der Waals surface area contributed by atoms with Gasteiger partial charge in [0.05, 0.1) is 4.99 Å². The lowest BCUT2D eigenvalue weighted by molar-refractivity contribution is 0.0278. The molecule has 3 nitrogen and oxygen atoms in total. The Morgan fingerprint density at radius 2 is 1.94 bits per heavy atom. The van der Waals surface area contributed by atoms with Crippen LogP contribution < -0.4 is 5.73 Å². The Hall–Kier alpha value is -0.190. The highest BCUT2D eigenvalue weighted by molar-refractivity contribution is 7.80. The Balaban J connectivity index is 2.27. The molecule has 1 rings (SSSR count).